The van der Waals surface area contributed by atoms with E-state index in [0.717, 1.165) is 43.5 Å². The summed E-state index contributed by atoms with van der Waals surface area (Å²) in [5, 5.41) is 2.98. The average molecular weight is 408 g/mol. The summed E-state index contributed by atoms with van der Waals surface area (Å²) in [5.74, 6) is 1.79. The fourth-order valence-electron chi connectivity index (χ4n) is 2.61. The first-order valence-corrected chi connectivity index (χ1v) is 11.5. The monoisotopic (exact) mass is 407 g/mol. The summed E-state index contributed by atoms with van der Waals surface area (Å²) in [5.41, 5.74) is 3.70. The van der Waals surface area contributed by atoms with E-state index in [1.54, 1.807) is 13.8 Å². The molecule has 0 saturated carbocycles. The van der Waals surface area contributed by atoms with E-state index in [2.05, 4.69) is 51.2 Å². The van der Waals surface area contributed by atoms with Crippen LogP contribution in [-0.4, -0.2) is 29.7 Å². The fourth-order valence-corrected chi connectivity index (χ4v) is 3.58. The van der Waals surface area contributed by atoms with E-state index in [1.165, 1.54) is 16.7 Å². The highest BCUT2D eigenvalue weighted by Gasteiger charge is 2.21. The van der Waals surface area contributed by atoms with E-state index in [9.17, 15) is 9.59 Å². The van der Waals surface area contributed by atoms with Crippen LogP contribution in [0.1, 0.15) is 80.6 Å². The van der Waals surface area contributed by atoms with Crippen molar-refractivity contribution in [1.29, 1.82) is 0 Å². The molecule has 1 unspecified atom stereocenters. The number of carbonyl (C=O) groups is 2. The van der Waals surface area contributed by atoms with Gasteiger partial charge in [0.2, 0.25) is 5.91 Å². The van der Waals surface area contributed by atoms with E-state index >= 15 is 0 Å². The molecule has 0 aromatic rings. The first-order chi connectivity index (χ1) is 13.1. The van der Waals surface area contributed by atoms with Crippen LogP contribution in [0, 0.1) is 5.41 Å². The summed E-state index contributed by atoms with van der Waals surface area (Å²) >= 11 is 1.83. The van der Waals surface area contributed by atoms with E-state index in [1.807, 2.05) is 18.7 Å². The second-order valence-corrected chi connectivity index (χ2v) is 9.82. The lowest BCUT2D eigenvalue weighted by atomic mass is 9.91. The van der Waals surface area contributed by atoms with Crippen molar-refractivity contribution in [2.45, 2.75) is 86.6 Å². The standard InChI is InChI=1S/C24H41NO2S/c1-19(2)10-8-11-20(3)12-9-13-21(4)14-15-28-17-22(5)25-23(27)16-24(6,7)18-26/h10,12,14,18,22H,8-9,11,13,15-17H2,1-7H3,(H,25,27)/b20-12+,21-14+. The number of aldehydes is 1. The normalized spacial score (nSPS) is 13.8. The summed E-state index contributed by atoms with van der Waals surface area (Å²) in [7, 11) is 0. The number of carbonyl (C=O) groups excluding carboxylic acids is 2. The lowest BCUT2D eigenvalue weighted by Crippen LogP contribution is -2.37. The van der Waals surface area contributed by atoms with Gasteiger partial charge in [-0.1, -0.05) is 48.8 Å². The molecule has 0 spiro atoms. The van der Waals surface area contributed by atoms with Crippen molar-refractivity contribution >= 4 is 24.0 Å². The molecule has 0 aliphatic heterocycles. The zero-order chi connectivity index (χ0) is 21.6. The van der Waals surface area contributed by atoms with Gasteiger partial charge in [0.15, 0.2) is 0 Å². The summed E-state index contributed by atoms with van der Waals surface area (Å²) in [4.78, 5) is 22.9. The van der Waals surface area contributed by atoms with Crippen LogP contribution in [0.15, 0.2) is 34.9 Å². The zero-order valence-corrected chi connectivity index (χ0v) is 19.9. The van der Waals surface area contributed by atoms with Gasteiger partial charge in [-0.25, -0.2) is 0 Å². The van der Waals surface area contributed by atoms with Crippen molar-refractivity contribution in [3.63, 3.8) is 0 Å². The topological polar surface area (TPSA) is 46.2 Å². The van der Waals surface area contributed by atoms with E-state index in [-0.39, 0.29) is 18.4 Å². The molecule has 0 radical (unpaired) electrons. The van der Waals surface area contributed by atoms with Crippen molar-refractivity contribution in [1.82, 2.24) is 5.32 Å². The molecular formula is C24H41NO2S. The first-order valence-electron chi connectivity index (χ1n) is 10.3. The minimum Gasteiger partial charge on any atom is -0.353 e. The molecule has 160 valence electrons. The van der Waals surface area contributed by atoms with Gasteiger partial charge in [-0.2, -0.15) is 11.8 Å². The Morgan fingerprint density at radius 2 is 1.57 bits per heavy atom. The molecule has 3 nitrogen and oxygen atoms in total. The van der Waals surface area contributed by atoms with Crippen LogP contribution in [0.4, 0.5) is 0 Å². The van der Waals surface area contributed by atoms with Crippen LogP contribution < -0.4 is 5.32 Å². The molecule has 0 aliphatic carbocycles. The van der Waals surface area contributed by atoms with Gasteiger partial charge < -0.3 is 10.1 Å². The molecule has 0 aliphatic rings. The molecule has 0 fully saturated rings. The quantitative estimate of drug-likeness (QED) is 0.210. The number of thioether (sulfide) groups is 1. The number of nitrogens with one attached hydrogen (secondary N) is 1. The molecular weight excluding hydrogens is 366 g/mol. The highest BCUT2D eigenvalue weighted by Crippen LogP contribution is 2.16. The van der Waals surface area contributed by atoms with Crippen molar-refractivity contribution in [3.8, 4) is 0 Å². The highest BCUT2D eigenvalue weighted by atomic mass is 32.2. The zero-order valence-electron chi connectivity index (χ0n) is 19.1. The largest absolute Gasteiger partial charge is 0.353 e. The predicted octanol–water partition coefficient (Wildman–Crippen LogP) is 6.26. The maximum absolute atomic E-state index is 11.9. The maximum Gasteiger partial charge on any atom is 0.221 e. The number of allylic oxidation sites excluding steroid dienone is 5. The van der Waals surface area contributed by atoms with Gasteiger partial charge in [-0.05, 0) is 60.3 Å². The number of rotatable bonds is 14. The average Bonchev–Trinajstić information content (AvgIpc) is 2.57. The second-order valence-electron chi connectivity index (χ2n) is 8.75. The number of amides is 1. The van der Waals surface area contributed by atoms with Gasteiger partial charge in [0.25, 0.3) is 0 Å². The lowest BCUT2D eigenvalue weighted by molar-refractivity contribution is -0.127. The van der Waals surface area contributed by atoms with Crippen LogP contribution in [-0.2, 0) is 9.59 Å². The van der Waals surface area contributed by atoms with Gasteiger partial charge in [0.1, 0.15) is 6.29 Å². The van der Waals surface area contributed by atoms with Crippen LogP contribution in [0.3, 0.4) is 0 Å². The molecule has 0 aromatic carbocycles. The van der Waals surface area contributed by atoms with Gasteiger partial charge in [0, 0.05) is 29.4 Å². The number of hydrogen-bond acceptors (Lipinski definition) is 3. The molecule has 0 rings (SSSR count). The van der Waals surface area contributed by atoms with Gasteiger partial charge in [-0.3, -0.25) is 4.79 Å². The summed E-state index contributed by atoms with van der Waals surface area (Å²) in [6, 6.07) is 0.111. The first kappa shape index (κ1) is 26.7. The molecule has 0 aromatic heterocycles. The Hall–Kier alpha value is -1.29. The van der Waals surface area contributed by atoms with Crippen molar-refractivity contribution in [2.75, 3.05) is 11.5 Å². The Morgan fingerprint density at radius 1 is 1.00 bits per heavy atom. The smallest absolute Gasteiger partial charge is 0.221 e. The molecule has 1 N–H and O–H groups in total. The minimum atomic E-state index is -0.588. The van der Waals surface area contributed by atoms with Gasteiger partial charge >= 0.3 is 0 Å². The van der Waals surface area contributed by atoms with Gasteiger partial charge in [0.05, 0.1) is 0 Å². The third kappa shape index (κ3) is 15.7. The SMILES string of the molecule is CC(C)=CCC/C(C)=C/CC/C(C)=C/CSCC(C)NC(=O)CC(C)(C)C=O. The van der Waals surface area contributed by atoms with Crippen molar-refractivity contribution < 1.29 is 9.59 Å². The van der Waals surface area contributed by atoms with Crippen LogP contribution in [0.25, 0.3) is 0 Å². The fraction of sp³-hybridized carbons (Fsp3) is 0.667. The molecule has 0 bridgehead atoms. The third-order valence-corrected chi connectivity index (χ3v) is 5.52. The van der Waals surface area contributed by atoms with Gasteiger partial charge in [-0.15, -0.1) is 0 Å². The van der Waals surface area contributed by atoms with Crippen LogP contribution in [0.5, 0.6) is 0 Å². The Bertz CT molecular complexity index is 569. The second kappa shape index (κ2) is 14.7. The molecule has 1 amide bonds. The summed E-state index contributed by atoms with van der Waals surface area (Å²) in [6.45, 7) is 14.3. The highest BCUT2D eigenvalue weighted by molar-refractivity contribution is 7.99. The summed E-state index contributed by atoms with van der Waals surface area (Å²) < 4.78 is 0. The Morgan fingerprint density at radius 3 is 2.14 bits per heavy atom. The predicted molar refractivity (Wildman–Crippen MR) is 125 cm³/mol. The Kier molecular flexibility index (Phi) is 14.0. The van der Waals surface area contributed by atoms with Crippen LogP contribution in [0.2, 0.25) is 0 Å². The van der Waals surface area contributed by atoms with E-state index in [4.69, 9.17) is 0 Å². The molecule has 4 heteroatoms. The molecule has 28 heavy (non-hydrogen) atoms. The third-order valence-electron chi connectivity index (χ3n) is 4.38. The summed E-state index contributed by atoms with van der Waals surface area (Å²) in [6.07, 6.45) is 12.5. The van der Waals surface area contributed by atoms with E-state index in [0.29, 0.717) is 0 Å². The molecule has 0 heterocycles. The lowest BCUT2D eigenvalue weighted by Gasteiger charge is -2.18. The van der Waals surface area contributed by atoms with E-state index < -0.39 is 5.41 Å². The number of hydrogen-bond donors (Lipinski definition) is 1. The molecule has 1 atom stereocenters. The molecule has 0 saturated heterocycles. The minimum absolute atomic E-state index is 0.0522. The maximum atomic E-state index is 11.9. The van der Waals surface area contributed by atoms with Crippen molar-refractivity contribution in [2.24, 2.45) is 5.41 Å². The van der Waals surface area contributed by atoms with Crippen LogP contribution >= 0.6 is 11.8 Å². The Balaban J connectivity index is 4.01. The Labute approximate surface area is 177 Å². The van der Waals surface area contributed by atoms with Crippen molar-refractivity contribution in [3.05, 3.63) is 34.9 Å².